The average molecular weight is 251 g/mol. The number of aromatic nitrogens is 3. The molecular formula is C12H21N5O. The lowest BCUT2D eigenvalue weighted by Crippen LogP contribution is -2.37. The van der Waals surface area contributed by atoms with Crippen molar-refractivity contribution in [3.05, 3.63) is 12.4 Å². The topological polar surface area (TPSA) is 63.1 Å². The lowest BCUT2D eigenvalue weighted by molar-refractivity contribution is -0.130. The van der Waals surface area contributed by atoms with Crippen LogP contribution in [0.3, 0.4) is 0 Å². The third-order valence-corrected chi connectivity index (χ3v) is 3.44. The van der Waals surface area contributed by atoms with E-state index in [1.807, 2.05) is 11.9 Å². The Morgan fingerprint density at radius 1 is 1.50 bits per heavy atom. The number of nitrogens with one attached hydrogen (secondary N) is 1. The van der Waals surface area contributed by atoms with Crippen LogP contribution in [0.15, 0.2) is 12.4 Å². The first-order chi connectivity index (χ1) is 8.75. The molecule has 0 aromatic carbocycles. The maximum absolute atomic E-state index is 12.0. The highest BCUT2D eigenvalue weighted by Gasteiger charge is 2.17. The fourth-order valence-corrected chi connectivity index (χ4v) is 2.31. The molecular weight excluding hydrogens is 230 g/mol. The number of aryl methyl sites for hydroxylation is 1. The molecule has 6 nitrogen and oxygen atoms in total. The molecule has 1 amide bonds. The zero-order valence-electron chi connectivity index (χ0n) is 10.9. The molecule has 18 heavy (non-hydrogen) atoms. The first kappa shape index (κ1) is 13.0. The maximum Gasteiger partial charge on any atom is 0.224 e. The number of piperidine rings is 1. The minimum absolute atomic E-state index is 0.184. The molecule has 1 N–H and O–H groups in total. The van der Waals surface area contributed by atoms with Gasteiger partial charge in [0.1, 0.15) is 0 Å². The van der Waals surface area contributed by atoms with Crippen LogP contribution in [-0.2, 0) is 11.3 Å². The van der Waals surface area contributed by atoms with Crippen LogP contribution in [-0.4, -0.2) is 52.5 Å². The molecule has 2 heterocycles. The largest absolute Gasteiger partial charge is 0.345 e. The Bertz CT molecular complexity index is 359. The standard InChI is InChI=1S/C12H21N5O/c1-16(10-11-2-5-13-6-3-11)12(18)4-8-17-9-7-14-15-17/h7,9,11,13H,2-6,8,10H2,1H3. The summed E-state index contributed by atoms with van der Waals surface area (Å²) in [5, 5.41) is 10.9. The van der Waals surface area contributed by atoms with Gasteiger partial charge in [0.05, 0.1) is 12.7 Å². The molecule has 0 bridgehead atoms. The van der Waals surface area contributed by atoms with E-state index in [-0.39, 0.29) is 5.91 Å². The molecule has 0 unspecified atom stereocenters. The molecule has 100 valence electrons. The Morgan fingerprint density at radius 2 is 2.28 bits per heavy atom. The van der Waals surface area contributed by atoms with E-state index >= 15 is 0 Å². The van der Waals surface area contributed by atoms with Gasteiger partial charge in [-0.25, -0.2) is 0 Å². The second-order valence-electron chi connectivity index (χ2n) is 4.88. The van der Waals surface area contributed by atoms with Gasteiger partial charge in [0.15, 0.2) is 0 Å². The van der Waals surface area contributed by atoms with Crippen molar-refractivity contribution >= 4 is 5.91 Å². The molecule has 6 heteroatoms. The van der Waals surface area contributed by atoms with E-state index in [1.165, 1.54) is 12.8 Å². The molecule has 1 fully saturated rings. The van der Waals surface area contributed by atoms with Gasteiger partial charge in [-0.1, -0.05) is 5.21 Å². The molecule has 2 rings (SSSR count). The summed E-state index contributed by atoms with van der Waals surface area (Å²) in [6.07, 6.45) is 6.23. The van der Waals surface area contributed by atoms with Crippen molar-refractivity contribution in [2.75, 3.05) is 26.7 Å². The number of rotatable bonds is 5. The van der Waals surface area contributed by atoms with Crippen LogP contribution in [0.1, 0.15) is 19.3 Å². The molecule has 0 aliphatic carbocycles. The highest BCUT2D eigenvalue weighted by atomic mass is 16.2. The van der Waals surface area contributed by atoms with Crippen LogP contribution in [0.2, 0.25) is 0 Å². The number of nitrogens with zero attached hydrogens (tertiary/aromatic N) is 4. The monoisotopic (exact) mass is 251 g/mol. The molecule has 1 aliphatic rings. The smallest absolute Gasteiger partial charge is 0.224 e. The van der Waals surface area contributed by atoms with Gasteiger partial charge in [-0.05, 0) is 31.8 Å². The quantitative estimate of drug-likeness (QED) is 0.808. The zero-order chi connectivity index (χ0) is 12.8. The summed E-state index contributed by atoms with van der Waals surface area (Å²) in [6, 6.07) is 0. The SMILES string of the molecule is CN(CC1CCNCC1)C(=O)CCn1ccnn1. The highest BCUT2D eigenvalue weighted by molar-refractivity contribution is 5.75. The predicted octanol–water partition coefficient (Wildman–Crippen LogP) is 0.126. The van der Waals surface area contributed by atoms with Gasteiger partial charge in [-0.15, -0.1) is 5.10 Å². The van der Waals surface area contributed by atoms with Gasteiger partial charge in [-0.3, -0.25) is 9.48 Å². The summed E-state index contributed by atoms with van der Waals surface area (Å²) in [5.74, 6) is 0.829. The lowest BCUT2D eigenvalue weighted by Gasteiger charge is -2.27. The third-order valence-electron chi connectivity index (χ3n) is 3.44. The Hall–Kier alpha value is -1.43. The third kappa shape index (κ3) is 3.80. The van der Waals surface area contributed by atoms with E-state index in [9.17, 15) is 4.79 Å². The van der Waals surface area contributed by atoms with E-state index in [0.717, 1.165) is 19.6 Å². The van der Waals surface area contributed by atoms with E-state index in [0.29, 0.717) is 18.9 Å². The summed E-state index contributed by atoms with van der Waals surface area (Å²) < 4.78 is 1.69. The summed E-state index contributed by atoms with van der Waals surface area (Å²) >= 11 is 0. The van der Waals surface area contributed by atoms with Gasteiger partial charge in [-0.2, -0.15) is 0 Å². The minimum atomic E-state index is 0.184. The molecule has 0 atom stereocenters. The first-order valence-electron chi connectivity index (χ1n) is 6.54. The zero-order valence-corrected chi connectivity index (χ0v) is 10.9. The van der Waals surface area contributed by atoms with Gasteiger partial charge < -0.3 is 10.2 Å². The van der Waals surface area contributed by atoms with Crippen molar-refractivity contribution < 1.29 is 4.79 Å². The first-order valence-corrected chi connectivity index (χ1v) is 6.54. The predicted molar refractivity (Wildman–Crippen MR) is 67.9 cm³/mol. The van der Waals surface area contributed by atoms with Gasteiger partial charge in [0.2, 0.25) is 5.91 Å². The van der Waals surface area contributed by atoms with Crippen molar-refractivity contribution in [1.29, 1.82) is 0 Å². The lowest BCUT2D eigenvalue weighted by atomic mass is 9.97. The Balaban J connectivity index is 1.70. The highest BCUT2D eigenvalue weighted by Crippen LogP contribution is 2.13. The van der Waals surface area contributed by atoms with Crippen molar-refractivity contribution in [3.63, 3.8) is 0 Å². The van der Waals surface area contributed by atoms with Crippen LogP contribution in [0.4, 0.5) is 0 Å². The van der Waals surface area contributed by atoms with Gasteiger partial charge in [0, 0.05) is 26.2 Å². The molecule has 1 aromatic heterocycles. The number of hydrogen-bond donors (Lipinski definition) is 1. The van der Waals surface area contributed by atoms with Crippen molar-refractivity contribution in [1.82, 2.24) is 25.2 Å². The molecule has 0 spiro atoms. The van der Waals surface area contributed by atoms with Crippen molar-refractivity contribution in [3.8, 4) is 0 Å². The van der Waals surface area contributed by atoms with E-state index < -0.39 is 0 Å². The van der Waals surface area contributed by atoms with Gasteiger partial charge >= 0.3 is 0 Å². The van der Waals surface area contributed by atoms with Crippen LogP contribution in [0.5, 0.6) is 0 Å². The van der Waals surface area contributed by atoms with Crippen molar-refractivity contribution in [2.45, 2.75) is 25.8 Å². The molecule has 0 saturated carbocycles. The minimum Gasteiger partial charge on any atom is -0.345 e. The van der Waals surface area contributed by atoms with Crippen LogP contribution in [0.25, 0.3) is 0 Å². The summed E-state index contributed by atoms with van der Waals surface area (Å²) in [7, 11) is 1.89. The normalized spacial score (nSPS) is 16.7. The number of amides is 1. The molecule has 1 aromatic rings. The maximum atomic E-state index is 12.0. The summed E-state index contributed by atoms with van der Waals surface area (Å²) in [5.41, 5.74) is 0. The van der Waals surface area contributed by atoms with E-state index in [4.69, 9.17) is 0 Å². The fourth-order valence-electron chi connectivity index (χ4n) is 2.31. The van der Waals surface area contributed by atoms with E-state index in [2.05, 4.69) is 15.6 Å². The summed E-state index contributed by atoms with van der Waals surface area (Å²) in [6.45, 7) is 3.63. The van der Waals surface area contributed by atoms with Crippen LogP contribution < -0.4 is 5.32 Å². The molecule has 0 radical (unpaired) electrons. The fraction of sp³-hybridized carbons (Fsp3) is 0.750. The van der Waals surface area contributed by atoms with Crippen LogP contribution >= 0.6 is 0 Å². The second kappa shape index (κ2) is 6.49. The number of carbonyl (C=O) groups excluding carboxylic acids is 1. The molecule has 1 aliphatic heterocycles. The second-order valence-corrected chi connectivity index (χ2v) is 4.88. The Kier molecular flexibility index (Phi) is 4.69. The molecule has 1 saturated heterocycles. The number of carbonyl (C=O) groups is 1. The Labute approximate surface area is 107 Å². The van der Waals surface area contributed by atoms with Crippen molar-refractivity contribution in [2.24, 2.45) is 5.92 Å². The van der Waals surface area contributed by atoms with Crippen LogP contribution in [0, 0.1) is 5.92 Å². The van der Waals surface area contributed by atoms with Gasteiger partial charge in [0.25, 0.3) is 0 Å². The van der Waals surface area contributed by atoms with E-state index in [1.54, 1.807) is 17.1 Å². The Morgan fingerprint density at radius 3 is 2.94 bits per heavy atom. The summed E-state index contributed by atoms with van der Waals surface area (Å²) in [4.78, 5) is 13.8. The number of hydrogen-bond acceptors (Lipinski definition) is 4. The average Bonchev–Trinajstić information content (AvgIpc) is 2.90.